The van der Waals surface area contributed by atoms with Gasteiger partial charge >= 0.3 is 0 Å². The summed E-state index contributed by atoms with van der Waals surface area (Å²) in [7, 11) is 0. The third-order valence-electron chi connectivity index (χ3n) is 3.50. The van der Waals surface area contributed by atoms with E-state index in [1.54, 1.807) is 0 Å². The maximum atomic E-state index is 3.52. The lowest BCUT2D eigenvalue weighted by Gasteiger charge is -2.29. The molecule has 1 aromatic carbocycles. The van der Waals surface area contributed by atoms with E-state index in [0.29, 0.717) is 0 Å². The molecular formula is C14H21N. The van der Waals surface area contributed by atoms with Crippen molar-refractivity contribution in [2.24, 2.45) is 5.92 Å². The molecule has 0 saturated carbocycles. The van der Waals surface area contributed by atoms with Crippen LogP contribution in [0.25, 0.3) is 0 Å². The average Bonchev–Trinajstić information content (AvgIpc) is 2.27. The highest BCUT2D eigenvalue weighted by atomic mass is 14.9. The van der Waals surface area contributed by atoms with Crippen LogP contribution in [-0.4, -0.2) is 6.54 Å². The number of anilines is 1. The number of benzene rings is 1. The van der Waals surface area contributed by atoms with Crippen LogP contribution >= 0.6 is 0 Å². The first-order valence-electron chi connectivity index (χ1n) is 6.09. The molecule has 0 spiro atoms. The molecule has 0 saturated heterocycles. The van der Waals surface area contributed by atoms with Crippen molar-refractivity contribution >= 4 is 5.69 Å². The van der Waals surface area contributed by atoms with Crippen molar-refractivity contribution in [1.82, 2.24) is 0 Å². The van der Waals surface area contributed by atoms with Gasteiger partial charge in [-0.1, -0.05) is 32.9 Å². The van der Waals surface area contributed by atoms with Gasteiger partial charge in [0.2, 0.25) is 0 Å². The van der Waals surface area contributed by atoms with Gasteiger partial charge in [-0.3, -0.25) is 0 Å². The van der Waals surface area contributed by atoms with Crippen LogP contribution in [-0.2, 0) is 6.42 Å². The van der Waals surface area contributed by atoms with E-state index in [1.165, 1.54) is 23.2 Å². The van der Waals surface area contributed by atoms with Gasteiger partial charge in [0, 0.05) is 12.2 Å². The van der Waals surface area contributed by atoms with Crippen molar-refractivity contribution in [3.63, 3.8) is 0 Å². The maximum absolute atomic E-state index is 3.52. The summed E-state index contributed by atoms with van der Waals surface area (Å²) in [4.78, 5) is 0. The normalized spacial score (nSPS) is 19.9. The van der Waals surface area contributed by atoms with E-state index in [1.807, 2.05) is 0 Å². The molecule has 2 rings (SSSR count). The molecule has 0 fully saturated rings. The molecule has 15 heavy (non-hydrogen) atoms. The Balaban J connectivity index is 2.36. The number of aryl methyl sites for hydroxylation is 1. The van der Waals surface area contributed by atoms with Crippen molar-refractivity contribution in [1.29, 1.82) is 0 Å². The number of hydrogen-bond acceptors (Lipinski definition) is 1. The van der Waals surface area contributed by atoms with E-state index in [-0.39, 0.29) is 0 Å². The van der Waals surface area contributed by atoms with Crippen LogP contribution in [0.2, 0.25) is 0 Å². The van der Waals surface area contributed by atoms with Gasteiger partial charge in [-0.05, 0) is 41.9 Å². The van der Waals surface area contributed by atoms with Crippen LogP contribution in [0.5, 0.6) is 0 Å². The van der Waals surface area contributed by atoms with Crippen molar-refractivity contribution in [3.05, 3.63) is 29.3 Å². The van der Waals surface area contributed by atoms with Crippen LogP contribution in [0.3, 0.4) is 0 Å². The molecule has 1 N–H and O–H groups in total. The Bertz CT molecular complexity index is 341. The van der Waals surface area contributed by atoms with Crippen molar-refractivity contribution < 1.29 is 0 Å². The van der Waals surface area contributed by atoms with E-state index in [0.717, 1.165) is 24.8 Å². The van der Waals surface area contributed by atoms with Gasteiger partial charge in [-0.15, -0.1) is 0 Å². The molecule has 1 atom stereocenters. The Morgan fingerprint density at radius 1 is 1.40 bits per heavy atom. The van der Waals surface area contributed by atoms with Crippen molar-refractivity contribution in [2.45, 2.75) is 39.5 Å². The van der Waals surface area contributed by atoms with E-state index in [9.17, 15) is 0 Å². The Morgan fingerprint density at radius 2 is 2.20 bits per heavy atom. The molecule has 0 amide bonds. The predicted molar refractivity (Wildman–Crippen MR) is 66.5 cm³/mol. The molecule has 1 aromatic rings. The number of fused-ring (bicyclic) bond motifs is 1. The monoisotopic (exact) mass is 203 g/mol. The molecule has 82 valence electrons. The molecule has 1 aliphatic heterocycles. The SMILES string of the molecule is CCc1ccc2c(c1)NCCC2C(C)C. The fourth-order valence-electron chi connectivity index (χ4n) is 2.51. The third kappa shape index (κ3) is 2.01. The Labute approximate surface area is 92.9 Å². The molecule has 0 aliphatic carbocycles. The quantitative estimate of drug-likeness (QED) is 0.770. The largest absolute Gasteiger partial charge is 0.385 e. The standard InChI is InChI=1S/C14H21N/c1-4-11-5-6-13-12(10(2)3)7-8-15-14(13)9-11/h5-6,9-10,12,15H,4,7-8H2,1-3H3. The van der Waals surface area contributed by atoms with E-state index < -0.39 is 0 Å². The first-order valence-corrected chi connectivity index (χ1v) is 6.09. The van der Waals surface area contributed by atoms with Crippen molar-refractivity contribution in [3.8, 4) is 0 Å². The summed E-state index contributed by atoms with van der Waals surface area (Å²) in [6.45, 7) is 7.99. The van der Waals surface area contributed by atoms with Gasteiger partial charge in [0.15, 0.2) is 0 Å². The van der Waals surface area contributed by atoms with Gasteiger partial charge < -0.3 is 5.32 Å². The number of nitrogens with one attached hydrogen (secondary N) is 1. The van der Waals surface area contributed by atoms with Crippen molar-refractivity contribution in [2.75, 3.05) is 11.9 Å². The highest BCUT2D eigenvalue weighted by molar-refractivity contribution is 5.56. The highest BCUT2D eigenvalue weighted by Crippen LogP contribution is 2.36. The number of hydrogen-bond donors (Lipinski definition) is 1. The summed E-state index contributed by atoms with van der Waals surface area (Å²) in [6.07, 6.45) is 2.40. The maximum Gasteiger partial charge on any atom is 0.0378 e. The molecule has 1 heteroatoms. The summed E-state index contributed by atoms with van der Waals surface area (Å²) in [5.74, 6) is 1.49. The van der Waals surface area contributed by atoms with E-state index >= 15 is 0 Å². The molecule has 1 aliphatic rings. The third-order valence-corrected chi connectivity index (χ3v) is 3.50. The average molecular weight is 203 g/mol. The lowest BCUT2D eigenvalue weighted by atomic mass is 9.82. The minimum atomic E-state index is 0.743. The molecule has 0 aromatic heterocycles. The Kier molecular flexibility index (Phi) is 2.99. The van der Waals surface area contributed by atoms with Gasteiger partial charge in [-0.2, -0.15) is 0 Å². The van der Waals surface area contributed by atoms with E-state index in [2.05, 4.69) is 44.3 Å². The zero-order valence-corrected chi connectivity index (χ0v) is 10.0. The van der Waals surface area contributed by atoms with Gasteiger partial charge in [0.1, 0.15) is 0 Å². The molecule has 0 radical (unpaired) electrons. The molecular weight excluding hydrogens is 182 g/mol. The highest BCUT2D eigenvalue weighted by Gasteiger charge is 2.22. The lowest BCUT2D eigenvalue weighted by Crippen LogP contribution is -2.20. The summed E-state index contributed by atoms with van der Waals surface area (Å²) in [5, 5.41) is 3.52. The first-order chi connectivity index (χ1) is 7.22. The summed E-state index contributed by atoms with van der Waals surface area (Å²) >= 11 is 0. The second-order valence-corrected chi connectivity index (χ2v) is 4.84. The van der Waals surface area contributed by atoms with Gasteiger partial charge in [0.25, 0.3) is 0 Å². The zero-order valence-electron chi connectivity index (χ0n) is 10.0. The summed E-state index contributed by atoms with van der Waals surface area (Å²) < 4.78 is 0. The topological polar surface area (TPSA) is 12.0 Å². The number of rotatable bonds is 2. The second-order valence-electron chi connectivity index (χ2n) is 4.84. The molecule has 1 nitrogen and oxygen atoms in total. The zero-order chi connectivity index (χ0) is 10.8. The summed E-state index contributed by atoms with van der Waals surface area (Å²) in [5.41, 5.74) is 4.33. The van der Waals surface area contributed by atoms with Crippen LogP contribution in [0.15, 0.2) is 18.2 Å². The fraction of sp³-hybridized carbons (Fsp3) is 0.571. The minimum Gasteiger partial charge on any atom is -0.385 e. The van der Waals surface area contributed by atoms with E-state index in [4.69, 9.17) is 0 Å². The smallest absolute Gasteiger partial charge is 0.0378 e. The van der Waals surface area contributed by atoms with Crippen LogP contribution < -0.4 is 5.32 Å². The fourth-order valence-corrected chi connectivity index (χ4v) is 2.51. The molecule has 0 bridgehead atoms. The van der Waals surface area contributed by atoms with Gasteiger partial charge in [0.05, 0.1) is 0 Å². The predicted octanol–water partition coefficient (Wildman–Crippen LogP) is 3.80. The molecule has 1 unspecified atom stereocenters. The van der Waals surface area contributed by atoms with Crippen LogP contribution in [0.1, 0.15) is 44.2 Å². The minimum absolute atomic E-state index is 0.743. The second kappa shape index (κ2) is 4.26. The lowest BCUT2D eigenvalue weighted by molar-refractivity contribution is 0.469. The van der Waals surface area contributed by atoms with Crippen LogP contribution in [0, 0.1) is 5.92 Å². The Morgan fingerprint density at radius 3 is 2.87 bits per heavy atom. The van der Waals surface area contributed by atoms with Crippen LogP contribution in [0.4, 0.5) is 5.69 Å². The molecule has 1 heterocycles. The van der Waals surface area contributed by atoms with Gasteiger partial charge in [-0.25, -0.2) is 0 Å². The Hall–Kier alpha value is -0.980. The first kappa shape index (κ1) is 10.5. The summed E-state index contributed by atoms with van der Waals surface area (Å²) in [6, 6.07) is 6.93.